The zero-order valence-electron chi connectivity index (χ0n) is 10.8. The summed E-state index contributed by atoms with van der Waals surface area (Å²) < 4.78 is 5.24. The first-order chi connectivity index (χ1) is 9.01. The number of halogens is 2. The third-order valence-corrected chi connectivity index (χ3v) is 3.46. The lowest BCUT2D eigenvalue weighted by atomic mass is 9.98. The van der Waals surface area contributed by atoms with Crippen molar-refractivity contribution in [3.8, 4) is 5.75 Å². The van der Waals surface area contributed by atoms with Crippen molar-refractivity contribution in [3.05, 3.63) is 63.1 Å². The molecule has 2 aromatic rings. The van der Waals surface area contributed by atoms with Gasteiger partial charge in [-0.05, 0) is 47.9 Å². The average Bonchev–Trinajstić information content (AvgIpc) is 2.36. The van der Waals surface area contributed by atoms with Gasteiger partial charge in [-0.15, -0.1) is 0 Å². The van der Waals surface area contributed by atoms with E-state index in [9.17, 15) is 0 Å². The standard InChI is InChI=1S/C15H15Cl2NO/c1-9-5-10(3-4-14(9)19-2)15(18)11-6-12(16)8-13(17)7-11/h3-8,15H,18H2,1-2H3. The third kappa shape index (κ3) is 3.21. The van der Waals surface area contributed by atoms with E-state index in [1.807, 2.05) is 37.3 Å². The molecule has 0 amide bonds. The second-order valence-electron chi connectivity index (χ2n) is 4.41. The number of ether oxygens (including phenoxy) is 1. The monoisotopic (exact) mass is 295 g/mol. The number of methoxy groups -OCH3 is 1. The van der Waals surface area contributed by atoms with Gasteiger partial charge in [0.2, 0.25) is 0 Å². The minimum Gasteiger partial charge on any atom is -0.496 e. The molecule has 0 aliphatic rings. The van der Waals surface area contributed by atoms with Crippen LogP contribution in [0.2, 0.25) is 10.0 Å². The first-order valence-corrected chi connectivity index (χ1v) is 6.63. The van der Waals surface area contributed by atoms with Crippen molar-refractivity contribution < 1.29 is 4.74 Å². The molecule has 2 nitrogen and oxygen atoms in total. The Hall–Kier alpha value is -1.22. The van der Waals surface area contributed by atoms with Crippen molar-refractivity contribution in [2.75, 3.05) is 7.11 Å². The Morgan fingerprint density at radius 3 is 2.16 bits per heavy atom. The highest BCUT2D eigenvalue weighted by Crippen LogP contribution is 2.28. The van der Waals surface area contributed by atoms with Gasteiger partial charge in [-0.2, -0.15) is 0 Å². The molecule has 0 spiro atoms. The summed E-state index contributed by atoms with van der Waals surface area (Å²) in [7, 11) is 1.65. The summed E-state index contributed by atoms with van der Waals surface area (Å²) in [5.41, 5.74) is 9.19. The third-order valence-electron chi connectivity index (χ3n) is 3.02. The van der Waals surface area contributed by atoms with Crippen LogP contribution in [0.15, 0.2) is 36.4 Å². The van der Waals surface area contributed by atoms with E-state index in [0.29, 0.717) is 10.0 Å². The predicted molar refractivity (Wildman–Crippen MR) is 80.2 cm³/mol. The van der Waals surface area contributed by atoms with Gasteiger partial charge in [0.25, 0.3) is 0 Å². The zero-order valence-corrected chi connectivity index (χ0v) is 12.3. The normalized spacial score (nSPS) is 12.3. The van der Waals surface area contributed by atoms with Gasteiger partial charge in [0, 0.05) is 10.0 Å². The van der Waals surface area contributed by atoms with E-state index < -0.39 is 0 Å². The van der Waals surface area contributed by atoms with Gasteiger partial charge in [-0.1, -0.05) is 35.3 Å². The smallest absolute Gasteiger partial charge is 0.121 e. The summed E-state index contributed by atoms with van der Waals surface area (Å²) in [5, 5.41) is 1.17. The van der Waals surface area contributed by atoms with Gasteiger partial charge in [0.05, 0.1) is 13.2 Å². The van der Waals surface area contributed by atoms with Crippen molar-refractivity contribution in [1.82, 2.24) is 0 Å². The van der Waals surface area contributed by atoms with E-state index in [4.69, 9.17) is 33.7 Å². The Morgan fingerprint density at radius 1 is 1.00 bits per heavy atom. The van der Waals surface area contributed by atoms with E-state index in [1.165, 1.54) is 0 Å². The second kappa shape index (κ2) is 5.83. The maximum absolute atomic E-state index is 6.26. The quantitative estimate of drug-likeness (QED) is 0.913. The van der Waals surface area contributed by atoms with Crippen molar-refractivity contribution in [1.29, 1.82) is 0 Å². The minimum absolute atomic E-state index is 0.263. The molecule has 2 N–H and O–H groups in total. The summed E-state index contributed by atoms with van der Waals surface area (Å²) >= 11 is 12.0. The van der Waals surface area contributed by atoms with Crippen LogP contribution in [0.5, 0.6) is 5.75 Å². The Kier molecular flexibility index (Phi) is 4.35. The maximum atomic E-state index is 6.26. The highest BCUT2D eigenvalue weighted by molar-refractivity contribution is 6.34. The highest BCUT2D eigenvalue weighted by atomic mass is 35.5. The Morgan fingerprint density at radius 2 is 1.63 bits per heavy atom. The van der Waals surface area contributed by atoms with Crippen LogP contribution in [0.25, 0.3) is 0 Å². The predicted octanol–water partition coefficient (Wildman–Crippen LogP) is 4.36. The van der Waals surface area contributed by atoms with Gasteiger partial charge < -0.3 is 10.5 Å². The molecular weight excluding hydrogens is 281 g/mol. The van der Waals surface area contributed by atoms with E-state index in [0.717, 1.165) is 22.4 Å². The van der Waals surface area contributed by atoms with Crippen molar-refractivity contribution in [3.63, 3.8) is 0 Å². The molecule has 0 saturated heterocycles. The second-order valence-corrected chi connectivity index (χ2v) is 5.28. The van der Waals surface area contributed by atoms with Crippen LogP contribution in [0.1, 0.15) is 22.7 Å². The van der Waals surface area contributed by atoms with Crippen LogP contribution in [-0.2, 0) is 0 Å². The largest absolute Gasteiger partial charge is 0.496 e. The molecule has 2 rings (SSSR count). The molecule has 0 fully saturated rings. The van der Waals surface area contributed by atoms with Gasteiger partial charge in [-0.25, -0.2) is 0 Å². The van der Waals surface area contributed by atoms with Crippen LogP contribution >= 0.6 is 23.2 Å². The average molecular weight is 296 g/mol. The molecule has 2 aromatic carbocycles. The van der Waals surface area contributed by atoms with Crippen molar-refractivity contribution in [2.24, 2.45) is 5.73 Å². The van der Waals surface area contributed by atoms with E-state index in [1.54, 1.807) is 13.2 Å². The van der Waals surface area contributed by atoms with Gasteiger partial charge in [-0.3, -0.25) is 0 Å². The number of hydrogen-bond acceptors (Lipinski definition) is 2. The molecule has 100 valence electrons. The molecule has 0 aliphatic heterocycles. The Labute approximate surface area is 123 Å². The molecule has 1 atom stereocenters. The SMILES string of the molecule is COc1ccc(C(N)c2cc(Cl)cc(Cl)c2)cc1C. The van der Waals surface area contributed by atoms with E-state index in [-0.39, 0.29) is 6.04 Å². The molecule has 0 saturated carbocycles. The highest BCUT2D eigenvalue weighted by Gasteiger charge is 2.12. The molecule has 1 unspecified atom stereocenters. The molecule has 0 heterocycles. The van der Waals surface area contributed by atoms with E-state index in [2.05, 4.69) is 0 Å². The fraction of sp³-hybridized carbons (Fsp3) is 0.200. The molecule has 0 bridgehead atoms. The van der Waals surface area contributed by atoms with Gasteiger partial charge in [0.15, 0.2) is 0 Å². The van der Waals surface area contributed by atoms with Crippen LogP contribution < -0.4 is 10.5 Å². The summed E-state index contributed by atoms with van der Waals surface area (Å²) in [6.45, 7) is 1.99. The fourth-order valence-corrected chi connectivity index (χ4v) is 2.59. The number of aryl methyl sites for hydroxylation is 1. The maximum Gasteiger partial charge on any atom is 0.121 e. The van der Waals surface area contributed by atoms with Crippen LogP contribution in [0.4, 0.5) is 0 Å². The first kappa shape index (κ1) is 14.2. The first-order valence-electron chi connectivity index (χ1n) is 5.87. The van der Waals surface area contributed by atoms with Crippen LogP contribution in [-0.4, -0.2) is 7.11 Å². The lowest BCUT2D eigenvalue weighted by Gasteiger charge is -2.15. The zero-order chi connectivity index (χ0) is 14.0. The Balaban J connectivity index is 2.38. The summed E-state index contributed by atoms with van der Waals surface area (Å²) in [4.78, 5) is 0. The molecular formula is C15H15Cl2NO. The number of nitrogens with two attached hydrogens (primary N) is 1. The topological polar surface area (TPSA) is 35.2 Å². The molecule has 4 heteroatoms. The molecule has 0 aliphatic carbocycles. The summed E-state index contributed by atoms with van der Waals surface area (Å²) in [6, 6.07) is 11.0. The van der Waals surface area contributed by atoms with Crippen LogP contribution in [0, 0.1) is 6.92 Å². The molecule has 0 radical (unpaired) electrons. The molecule has 19 heavy (non-hydrogen) atoms. The van der Waals surface area contributed by atoms with Gasteiger partial charge in [0.1, 0.15) is 5.75 Å². The summed E-state index contributed by atoms with van der Waals surface area (Å²) in [5.74, 6) is 0.847. The number of rotatable bonds is 3. The number of benzene rings is 2. The van der Waals surface area contributed by atoms with E-state index >= 15 is 0 Å². The lowest BCUT2D eigenvalue weighted by molar-refractivity contribution is 0.411. The lowest BCUT2D eigenvalue weighted by Crippen LogP contribution is -2.12. The molecule has 0 aromatic heterocycles. The van der Waals surface area contributed by atoms with Crippen molar-refractivity contribution in [2.45, 2.75) is 13.0 Å². The van der Waals surface area contributed by atoms with Gasteiger partial charge >= 0.3 is 0 Å². The van der Waals surface area contributed by atoms with Crippen LogP contribution in [0.3, 0.4) is 0 Å². The fourth-order valence-electron chi connectivity index (χ4n) is 2.04. The summed E-state index contributed by atoms with van der Waals surface area (Å²) in [6.07, 6.45) is 0. The number of hydrogen-bond donors (Lipinski definition) is 1. The minimum atomic E-state index is -0.263. The van der Waals surface area contributed by atoms with Crippen molar-refractivity contribution >= 4 is 23.2 Å². The Bertz CT molecular complexity index is 578.